The predicted octanol–water partition coefficient (Wildman–Crippen LogP) is 4.41. The average molecular weight is 265 g/mol. The number of benzene rings is 1. The van der Waals surface area contributed by atoms with Gasteiger partial charge in [0.2, 0.25) is 0 Å². The molecule has 1 atom stereocenters. The molecule has 1 aromatic carbocycles. The highest BCUT2D eigenvalue weighted by molar-refractivity contribution is 7.98. The van der Waals surface area contributed by atoms with Crippen LogP contribution in [0.25, 0.3) is 0 Å². The first-order chi connectivity index (χ1) is 8.56. The maximum Gasteiger partial charge on any atom is 0.0294 e. The Morgan fingerprint density at radius 1 is 1.06 bits per heavy atom. The maximum absolute atomic E-state index is 3.64. The molecule has 102 valence electrons. The van der Waals surface area contributed by atoms with Gasteiger partial charge in [0, 0.05) is 6.04 Å². The monoisotopic (exact) mass is 265 g/mol. The lowest BCUT2D eigenvalue weighted by Crippen LogP contribution is -2.21. The predicted molar refractivity (Wildman–Crippen MR) is 84.7 cm³/mol. The highest BCUT2D eigenvalue weighted by Gasteiger charge is 2.09. The van der Waals surface area contributed by atoms with Crippen LogP contribution in [0, 0.1) is 20.8 Å². The Morgan fingerprint density at radius 3 is 2.39 bits per heavy atom. The van der Waals surface area contributed by atoms with Crippen LogP contribution in [0.2, 0.25) is 0 Å². The molecule has 1 N–H and O–H groups in total. The molecule has 1 nitrogen and oxygen atoms in total. The summed E-state index contributed by atoms with van der Waals surface area (Å²) in [6.07, 6.45) is 4.76. The molecule has 0 saturated carbocycles. The molecule has 0 saturated heterocycles. The summed E-state index contributed by atoms with van der Waals surface area (Å²) in [5.74, 6) is 1.28. The highest BCUT2D eigenvalue weighted by Crippen LogP contribution is 2.21. The van der Waals surface area contributed by atoms with Crippen molar-refractivity contribution in [1.29, 1.82) is 0 Å². The Morgan fingerprint density at radius 2 is 1.72 bits per heavy atom. The molecule has 0 aliphatic carbocycles. The van der Waals surface area contributed by atoms with Crippen LogP contribution in [-0.4, -0.2) is 18.6 Å². The molecular weight excluding hydrogens is 238 g/mol. The van der Waals surface area contributed by atoms with Gasteiger partial charge in [0.05, 0.1) is 0 Å². The fourth-order valence-electron chi connectivity index (χ4n) is 2.25. The molecule has 2 heteroatoms. The lowest BCUT2D eigenvalue weighted by atomic mass is 9.96. The molecule has 0 aromatic heterocycles. The van der Waals surface area contributed by atoms with Gasteiger partial charge in [-0.05, 0) is 81.3 Å². The number of unbranched alkanes of at least 4 members (excludes halogenated alkanes) is 1. The van der Waals surface area contributed by atoms with Crippen LogP contribution in [0.1, 0.15) is 48.1 Å². The summed E-state index contributed by atoms with van der Waals surface area (Å²) in [6, 6.07) is 5.10. The molecule has 0 bridgehead atoms. The van der Waals surface area contributed by atoms with Crippen LogP contribution in [-0.2, 0) is 0 Å². The Bertz CT molecular complexity index is 374. The summed E-state index contributed by atoms with van der Waals surface area (Å²) in [6.45, 7) is 9.99. The molecule has 0 radical (unpaired) electrons. The van der Waals surface area contributed by atoms with Crippen molar-refractivity contribution in [3.05, 3.63) is 34.4 Å². The summed E-state index contributed by atoms with van der Waals surface area (Å²) in [5.41, 5.74) is 5.64. The fourth-order valence-corrected chi connectivity index (χ4v) is 2.74. The topological polar surface area (TPSA) is 12.0 Å². The first-order valence-electron chi connectivity index (χ1n) is 6.86. The van der Waals surface area contributed by atoms with Crippen molar-refractivity contribution in [3.63, 3.8) is 0 Å². The summed E-state index contributed by atoms with van der Waals surface area (Å²) in [4.78, 5) is 0. The van der Waals surface area contributed by atoms with E-state index < -0.39 is 0 Å². The van der Waals surface area contributed by atoms with E-state index in [0.29, 0.717) is 6.04 Å². The number of rotatable bonds is 7. The van der Waals surface area contributed by atoms with Crippen LogP contribution in [0.15, 0.2) is 12.1 Å². The first kappa shape index (κ1) is 15.6. The van der Waals surface area contributed by atoms with Crippen molar-refractivity contribution in [1.82, 2.24) is 5.32 Å². The molecule has 1 rings (SSSR count). The number of thioether (sulfide) groups is 1. The van der Waals surface area contributed by atoms with Crippen molar-refractivity contribution in [2.45, 2.75) is 46.6 Å². The second-order valence-electron chi connectivity index (χ2n) is 5.17. The molecule has 0 aliphatic heterocycles. The lowest BCUT2D eigenvalue weighted by Gasteiger charge is -2.18. The van der Waals surface area contributed by atoms with E-state index in [1.54, 1.807) is 0 Å². The van der Waals surface area contributed by atoms with Gasteiger partial charge < -0.3 is 5.32 Å². The van der Waals surface area contributed by atoms with Crippen molar-refractivity contribution >= 4 is 11.8 Å². The SMILES string of the molecule is CSCCCCNC(C)c1cc(C)c(C)cc1C. The van der Waals surface area contributed by atoms with Crippen molar-refractivity contribution in [2.75, 3.05) is 18.6 Å². The third-order valence-electron chi connectivity index (χ3n) is 3.57. The summed E-state index contributed by atoms with van der Waals surface area (Å²) < 4.78 is 0. The molecule has 0 spiro atoms. The van der Waals surface area contributed by atoms with Crippen LogP contribution in [0.3, 0.4) is 0 Å². The van der Waals surface area contributed by atoms with E-state index in [0.717, 1.165) is 6.54 Å². The smallest absolute Gasteiger partial charge is 0.0294 e. The van der Waals surface area contributed by atoms with Gasteiger partial charge in [0.25, 0.3) is 0 Å². The molecule has 0 aliphatic rings. The summed E-state index contributed by atoms with van der Waals surface area (Å²) in [7, 11) is 0. The fraction of sp³-hybridized carbons (Fsp3) is 0.625. The number of nitrogens with one attached hydrogen (secondary N) is 1. The third-order valence-corrected chi connectivity index (χ3v) is 4.27. The summed E-state index contributed by atoms with van der Waals surface area (Å²) >= 11 is 1.94. The van der Waals surface area contributed by atoms with Gasteiger partial charge in [-0.15, -0.1) is 0 Å². The zero-order chi connectivity index (χ0) is 13.5. The lowest BCUT2D eigenvalue weighted by molar-refractivity contribution is 0.553. The van der Waals surface area contributed by atoms with Crippen LogP contribution in [0.5, 0.6) is 0 Å². The number of aryl methyl sites for hydroxylation is 3. The van der Waals surface area contributed by atoms with E-state index in [9.17, 15) is 0 Å². The van der Waals surface area contributed by atoms with E-state index >= 15 is 0 Å². The third kappa shape index (κ3) is 4.66. The van der Waals surface area contributed by atoms with E-state index in [2.05, 4.69) is 51.4 Å². The van der Waals surface area contributed by atoms with Crippen LogP contribution in [0.4, 0.5) is 0 Å². The minimum Gasteiger partial charge on any atom is -0.310 e. The standard InChI is InChI=1S/C16H27NS/c1-12-10-14(3)16(11-13(12)2)15(4)17-8-6-7-9-18-5/h10-11,15,17H,6-9H2,1-5H3. The largest absolute Gasteiger partial charge is 0.310 e. The van der Waals surface area contributed by atoms with Gasteiger partial charge >= 0.3 is 0 Å². The van der Waals surface area contributed by atoms with Crippen molar-refractivity contribution in [2.24, 2.45) is 0 Å². The Labute approximate surface area is 117 Å². The van der Waals surface area contributed by atoms with E-state index in [1.165, 1.54) is 40.8 Å². The first-order valence-corrected chi connectivity index (χ1v) is 8.25. The van der Waals surface area contributed by atoms with Crippen molar-refractivity contribution in [3.8, 4) is 0 Å². The Balaban J connectivity index is 2.51. The molecule has 18 heavy (non-hydrogen) atoms. The number of hydrogen-bond acceptors (Lipinski definition) is 2. The van der Waals surface area contributed by atoms with Crippen LogP contribution >= 0.6 is 11.8 Å². The molecular formula is C16H27NS. The van der Waals surface area contributed by atoms with Crippen molar-refractivity contribution < 1.29 is 0 Å². The van der Waals surface area contributed by atoms with Gasteiger partial charge in [-0.3, -0.25) is 0 Å². The Kier molecular flexibility index (Phi) is 6.80. The van der Waals surface area contributed by atoms with Gasteiger partial charge in [-0.2, -0.15) is 11.8 Å². The van der Waals surface area contributed by atoms with Gasteiger partial charge in [-0.25, -0.2) is 0 Å². The van der Waals surface area contributed by atoms with E-state index in [-0.39, 0.29) is 0 Å². The van der Waals surface area contributed by atoms with E-state index in [1.807, 2.05) is 11.8 Å². The van der Waals surface area contributed by atoms with Gasteiger partial charge in [0.1, 0.15) is 0 Å². The minimum absolute atomic E-state index is 0.457. The molecule has 0 heterocycles. The molecule has 1 unspecified atom stereocenters. The maximum atomic E-state index is 3.64. The Hall–Kier alpha value is -0.470. The molecule has 0 fully saturated rings. The zero-order valence-electron chi connectivity index (χ0n) is 12.5. The van der Waals surface area contributed by atoms with E-state index in [4.69, 9.17) is 0 Å². The highest BCUT2D eigenvalue weighted by atomic mass is 32.2. The second-order valence-corrected chi connectivity index (χ2v) is 6.15. The zero-order valence-corrected chi connectivity index (χ0v) is 13.3. The molecule has 0 amide bonds. The second kappa shape index (κ2) is 7.85. The average Bonchev–Trinajstić information content (AvgIpc) is 2.33. The van der Waals surface area contributed by atoms with Gasteiger partial charge in [-0.1, -0.05) is 12.1 Å². The normalized spacial score (nSPS) is 12.7. The quantitative estimate of drug-likeness (QED) is 0.733. The van der Waals surface area contributed by atoms with Gasteiger partial charge in [0.15, 0.2) is 0 Å². The number of hydrogen-bond donors (Lipinski definition) is 1. The summed E-state index contributed by atoms with van der Waals surface area (Å²) in [5, 5.41) is 3.64. The minimum atomic E-state index is 0.457. The van der Waals surface area contributed by atoms with Crippen LogP contribution < -0.4 is 5.32 Å². The molecule has 1 aromatic rings.